The summed E-state index contributed by atoms with van der Waals surface area (Å²) in [5.74, 6) is -1.44. The van der Waals surface area contributed by atoms with Gasteiger partial charge >= 0.3 is 11.9 Å². The molecule has 1 heterocycles. The maximum atomic E-state index is 11.9. The second-order valence-electron chi connectivity index (χ2n) is 4.74. The van der Waals surface area contributed by atoms with Gasteiger partial charge in [-0.1, -0.05) is 35.9 Å². The molecular formula is C17H10ClNO4. The van der Waals surface area contributed by atoms with E-state index in [4.69, 9.17) is 21.4 Å². The highest BCUT2D eigenvalue weighted by atomic mass is 35.5. The van der Waals surface area contributed by atoms with Gasteiger partial charge in [0.1, 0.15) is 0 Å². The summed E-state index contributed by atoms with van der Waals surface area (Å²) in [6.07, 6.45) is 1.53. The van der Waals surface area contributed by atoms with Crippen LogP contribution < -0.4 is 0 Å². The van der Waals surface area contributed by atoms with E-state index in [1.54, 1.807) is 36.4 Å². The molecule has 0 fully saturated rings. The zero-order valence-corrected chi connectivity index (χ0v) is 12.4. The molecule has 0 aliphatic carbocycles. The Morgan fingerprint density at radius 2 is 1.83 bits per heavy atom. The third kappa shape index (κ3) is 3.14. The Morgan fingerprint density at radius 3 is 2.48 bits per heavy atom. The molecule has 0 atom stereocenters. The smallest absolute Gasteiger partial charge is 0.363 e. The number of cyclic esters (lactones) is 1. The molecule has 3 rings (SSSR count). The van der Waals surface area contributed by atoms with E-state index < -0.39 is 11.9 Å². The van der Waals surface area contributed by atoms with Gasteiger partial charge in [0.05, 0.1) is 16.1 Å². The minimum absolute atomic E-state index is 0.128. The van der Waals surface area contributed by atoms with Crippen LogP contribution in [-0.4, -0.2) is 22.9 Å². The molecule has 1 aliphatic rings. The van der Waals surface area contributed by atoms with Crippen LogP contribution in [0.25, 0.3) is 6.08 Å². The number of benzene rings is 2. The van der Waals surface area contributed by atoms with Gasteiger partial charge in [0.2, 0.25) is 5.90 Å². The monoisotopic (exact) mass is 327 g/mol. The molecule has 0 spiro atoms. The van der Waals surface area contributed by atoms with Crippen LogP contribution in [-0.2, 0) is 9.53 Å². The minimum Gasteiger partial charge on any atom is -0.478 e. The Labute approximate surface area is 136 Å². The highest BCUT2D eigenvalue weighted by Gasteiger charge is 2.25. The van der Waals surface area contributed by atoms with Crippen molar-refractivity contribution in [3.8, 4) is 0 Å². The van der Waals surface area contributed by atoms with Crippen LogP contribution in [0.2, 0.25) is 5.02 Å². The van der Waals surface area contributed by atoms with Crippen LogP contribution in [0.3, 0.4) is 0 Å². The minimum atomic E-state index is -1.01. The van der Waals surface area contributed by atoms with Crippen LogP contribution in [0.5, 0.6) is 0 Å². The third-order valence-electron chi connectivity index (χ3n) is 3.19. The zero-order chi connectivity index (χ0) is 16.4. The summed E-state index contributed by atoms with van der Waals surface area (Å²) in [5, 5.41) is 9.30. The SMILES string of the molecule is O=C1OC(c2ccccc2Cl)=N/C1=C\c1ccc(C(=O)O)cc1. The van der Waals surface area contributed by atoms with Crippen molar-refractivity contribution in [1.82, 2.24) is 0 Å². The molecule has 2 aromatic carbocycles. The van der Waals surface area contributed by atoms with E-state index in [2.05, 4.69) is 4.99 Å². The van der Waals surface area contributed by atoms with Crippen molar-refractivity contribution in [3.63, 3.8) is 0 Å². The molecule has 0 bridgehead atoms. The maximum Gasteiger partial charge on any atom is 0.363 e. The number of rotatable bonds is 3. The number of nitrogens with zero attached hydrogens (tertiary/aromatic N) is 1. The fraction of sp³-hybridized carbons (Fsp3) is 0. The average molecular weight is 328 g/mol. The zero-order valence-electron chi connectivity index (χ0n) is 11.7. The lowest BCUT2D eigenvalue weighted by atomic mass is 10.1. The maximum absolute atomic E-state index is 11.9. The second kappa shape index (κ2) is 6.06. The van der Waals surface area contributed by atoms with Gasteiger partial charge in [-0.05, 0) is 35.9 Å². The Hall–Kier alpha value is -2.92. The van der Waals surface area contributed by atoms with E-state index in [1.807, 2.05) is 0 Å². The number of carboxylic acids is 1. The molecule has 23 heavy (non-hydrogen) atoms. The first kappa shape index (κ1) is 15.0. The van der Waals surface area contributed by atoms with Crippen molar-refractivity contribution in [1.29, 1.82) is 0 Å². The number of hydrogen-bond donors (Lipinski definition) is 1. The molecule has 1 N–H and O–H groups in total. The lowest BCUT2D eigenvalue weighted by Gasteiger charge is -2.00. The highest BCUT2D eigenvalue weighted by molar-refractivity contribution is 6.34. The normalized spacial score (nSPS) is 15.4. The standard InChI is InChI=1S/C17H10ClNO4/c18-13-4-2-1-3-12(13)15-19-14(17(22)23-15)9-10-5-7-11(8-6-10)16(20)21/h1-9H,(H,20,21)/b14-9-. The molecule has 0 unspecified atom stereocenters. The number of esters is 1. The molecule has 0 saturated carbocycles. The van der Waals surface area contributed by atoms with Gasteiger partial charge in [0.25, 0.3) is 0 Å². The Morgan fingerprint density at radius 1 is 1.13 bits per heavy atom. The van der Waals surface area contributed by atoms with Crippen molar-refractivity contribution in [2.75, 3.05) is 0 Å². The van der Waals surface area contributed by atoms with E-state index >= 15 is 0 Å². The summed E-state index contributed by atoms with van der Waals surface area (Å²) in [6.45, 7) is 0. The number of carbonyl (C=O) groups excluding carboxylic acids is 1. The second-order valence-corrected chi connectivity index (χ2v) is 5.15. The fourth-order valence-corrected chi connectivity index (χ4v) is 2.26. The fourth-order valence-electron chi connectivity index (χ4n) is 2.04. The van der Waals surface area contributed by atoms with Crippen molar-refractivity contribution < 1.29 is 19.4 Å². The van der Waals surface area contributed by atoms with Gasteiger partial charge in [0.15, 0.2) is 5.70 Å². The highest BCUT2D eigenvalue weighted by Crippen LogP contribution is 2.23. The number of halogens is 1. The summed E-state index contributed by atoms with van der Waals surface area (Å²) >= 11 is 6.06. The van der Waals surface area contributed by atoms with E-state index in [1.165, 1.54) is 18.2 Å². The van der Waals surface area contributed by atoms with Gasteiger partial charge in [-0.3, -0.25) is 0 Å². The average Bonchev–Trinajstić information content (AvgIpc) is 2.89. The Kier molecular flexibility index (Phi) is 3.95. The van der Waals surface area contributed by atoms with E-state index in [9.17, 15) is 9.59 Å². The van der Waals surface area contributed by atoms with Crippen LogP contribution in [0.15, 0.2) is 59.2 Å². The lowest BCUT2D eigenvalue weighted by Crippen LogP contribution is -2.05. The first-order valence-corrected chi connectivity index (χ1v) is 7.03. The molecule has 1 aliphatic heterocycles. The first-order chi connectivity index (χ1) is 11.0. The number of aromatic carboxylic acids is 1. The molecule has 2 aromatic rings. The number of hydrogen-bond acceptors (Lipinski definition) is 4. The summed E-state index contributed by atoms with van der Waals surface area (Å²) in [5.41, 5.74) is 1.47. The van der Waals surface area contributed by atoms with Gasteiger partial charge in [-0.2, -0.15) is 0 Å². The van der Waals surface area contributed by atoms with Crippen molar-refractivity contribution in [2.24, 2.45) is 4.99 Å². The van der Waals surface area contributed by atoms with Crippen molar-refractivity contribution in [3.05, 3.63) is 75.9 Å². The molecule has 0 saturated heterocycles. The Balaban J connectivity index is 1.92. The van der Waals surface area contributed by atoms with Crippen molar-refractivity contribution in [2.45, 2.75) is 0 Å². The number of aliphatic imine (C=N–C) groups is 1. The topological polar surface area (TPSA) is 76.0 Å². The van der Waals surface area contributed by atoms with Crippen LogP contribution >= 0.6 is 11.6 Å². The Bertz CT molecular complexity index is 853. The van der Waals surface area contributed by atoms with Gasteiger partial charge in [0, 0.05) is 0 Å². The molecule has 0 radical (unpaired) electrons. The van der Waals surface area contributed by atoms with E-state index in [0.29, 0.717) is 16.1 Å². The molecule has 0 aromatic heterocycles. The first-order valence-electron chi connectivity index (χ1n) is 6.65. The quantitative estimate of drug-likeness (QED) is 0.692. The summed E-state index contributed by atoms with van der Waals surface area (Å²) in [6, 6.07) is 13.0. The molecule has 0 amide bonds. The number of carbonyl (C=O) groups is 2. The number of ether oxygens (including phenoxy) is 1. The van der Waals surface area contributed by atoms with Gasteiger partial charge in [-0.25, -0.2) is 14.6 Å². The third-order valence-corrected chi connectivity index (χ3v) is 3.52. The molecule has 114 valence electrons. The van der Waals surface area contributed by atoms with E-state index in [-0.39, 0.29) is 17.2 Å². The van der Waals surface area contributed by atoms with Gasteiger partial charge in [-0.15, -0.1) is 0 Å². The lowest BCUT2D eigenvalue weighted by molar-refractivity contribution is -0.129. The van der Waals surface area contributed by atoms with E-state index in [0.717, 1.165) is 0 Å². The van der Waals surface area contributed by atoms with Gasteiger partial charge < -0.3 is 9.84 Å². The predicted octanol–water partition coefficient (Wildman–Crippen LogP) is 3.38. The summed E-state index contributed by atoms with van der Waals surface area (Å²) in [4.78, 5) is 26.9. The largest absolute Gasteiger partial charge is 0.478 e. The number of carboxylic acid groups (broad SMARTS) is 1. The van der Waals surface area contributed by atoms with Crippen LogP contribution in [0.1, 0.15) is 21.5 Å². The molecular weight excluding hydrogens is 318 g/mol. The van der Waals surface area contributed by atoms with Crippen molar-refractivity contribution >= 4 is 35.5 Å². The van der Waals surface area contributed by atoms with Crippen LogP contribution in [0, 0.1) is 0 Å². The molecule has 6 heteroatoms. The summed E-state index contributed by atoms with van der Waals surface area (Å²) in [7, 11) is 0. The molecule has 5 nitrogen and oxygen atoms in total. The summed E-state index contributed by atoms with van der Waals surface area (Å²) < 4.78 is 5.14. The predicted molar refractivity (Wildman–Crippen MR) is 85.5 cm³/mol. The van der Waals surface area contributed by atoms with Crippen LogP contribution in [0.4, 0.5) is 0 Å².